The lowest BCUT2D eigenvalue weighted by Crippen LogP contribution is -2.23. The van der Waals surface area contributed by atoms with Crippen LogP contribution in [0, 0.1) is 0 Å². The lowest BCUT2D eigenvalue weighted by atomic mass is 10.2. The minimum atomic E-state index is -0.246. The Morgan fingerprint density at radius 2 is 2.16 bits per heavy atom. The van der Waals surface area contributed by atoms with Crippen molar-refractivity contribution in [2.75, 3.05) is 12.9 Å². The van der Waals surface area contributed by atoms with Gasteiger partial charge in [0.1, 0.15) is 0 Å². The third-order valence-corrected chi connectivity index (χ3v) is 3.17. The molecular formula is C13H15N3O2S. The van der Waals surface area contributed by atoms with Crippen LogP contribution in [0.5, 0.6) is 0 Å². The number of nitrogens with zero attached hydrogens (tertiary/aromatic N) is 2. The minimum absolute atomic E-state index is 0.246. The smallest absolute Gasteiger partial charge is 0.274 e. The number of aromatic nitrogens is 2. The lowest BCUT2D eigenvalue weighted by molar-refractivity contribution is 0.0364. The highest BCUT2D eigenvalue weighted by atomic mass is 32.2. The summed E-state index contributed by atoms with van der Waals surface area (Å²) in [7, 11) is 0. The fourth-order valence-corrected chi connectivity index (χ4v) is 2.14. The number of hydroxylamine groups is 1. The maximum Gasteiger partial charge on any atom is 0.274 e. The molecule has 0 aliphatic heterocycles. The molecule has 1 aromatic heterocycles. The maximum atomic E-state index is 11.7. The molecule has 0 atom stereocenters. The molecule has 0 radical (unpaired) electrons. The number of carbonyl (C=O) groups excluding carboxylic acids is 1. The normalized spacial score (nSPS) is 10.4. The van der Waals surface area contributed by atoms with Crippen LogP contribution in [0.15, 0.2) is 41.8 Å². The highest BCUT2D eigenvalue weighted by Gasteiger charge is 2.07. The van der Waals surface area contributed by atoms with E-state index in [1.165, 1.54) is 0 Å². The fraction of sp³-hybridized carbons (Fsp3) is 0.231. The van der Waals surface area contributed by atoms with Crippen molar-refractivity contribution < 1.29 is 9.63 Å². The minimum Gasteiger partial charge on any atom is -0.295 e. The summed E-state index contributed by atoms with van der Waals surface area (Å²) in [6.45, 7) is 2.25. The van der Waals surface area contributed by atoms with E-state index in [1.807, 2.05) is 36.1 Å². The third kappa shape index (κ3) is 3.15. The molecule has 1 aromatic carbocycles. The average Bonchev–Trinajstić information content (AvgIpc) is 2.93. The Morgan fingerprint density at radius 3 is 2.79 bits per heavy atom. The van der Waals surface area contributed by atoms with Crippen molar-refractivity contribution in [3.8, 4) is 5.69 Å². The van der Waals surface area contributed by atoms with Crippen LogP contribution in [-0.2, 0) is 4.84 Å². The van der Waals surface area contributed by atoms with Gasteiger partial charge in [0.05, 0.1) is 6.61 Å². The van der Waals surface area contributed by atoms with Gasteiger partial charge in [-0.3, -0.25) is 14.2 Å². The number of imidazole rings is 1. The molecule has 5 nitrogen and oxygen atoms in total. The first-order valence-electron chi connectivity index (χ1n) is 5.86. The van der Waals surface area contributed by atoms with Crippen molar-refractivity contribution in [3.63, 3.8) is 0 Å². The summed E-state index contributed by atoms with van der Waals surface area (Å²) < 4.78 is 1.97. The number of hydrogen-bond donors (Lipinski definition) is 1. The molecular weight excluding hydrogens is 262 g/mol. The summed E-state index contributed by atoms with van der Waals surface area (Å²) in [5, 5.41) is 0.909. The molecule has 100 valence electrons. The van der Waals surface area contributed by atoms with Crippen molar-refractivity contribution in [2.24, 2.45) is 0 Å². The molecule has 0 saturated heterocycles. The largest absolute Gasteiger partial charge is 0.295 e. The van der Waals surface area contributed by atoms with E-state index in [9.17, 15) is 4.79 Å². The van der Waals surface area contributed by atoms with Crippen molar-refractivity contribution in [1.82, 2.24) is 15.0 Å². The summed E-state index contributed by atoms with van der Waals surface area (Å²) >= 11 is 1.57. The highest BCUT2D eigenvalue weighted by molar-refractivity contribution is 7.98. The van der Waals surface area contributed by atoms with Gasteiger partial charge in [-0.15, -0.1) is 0 Å². The molecule has 0 aliphatic carbocycles. The number of amides is 1. The summed E-state index contributed by atoms with van der Waals surface area (Å²) in [4.78, 5) is 20.8. The molecule has 1 heterocycles. The average molecular weight is 277 g/mol. The number of hydrogen-bond acceptors (Lipinski definition) is 4. The molecule has 1 N–H and O–H groups in total. The molecule has 2 aromatic rings. The number of thioether (sulfide) groups is 1. The number of carbonyl (C=O) groups is 1. The Morgan fingerprint density at radius 1 is 1.42 bits per heavy atom. The van der Waals surface area contributed by atoms with Gasteiger partial charge in [-0.2, -0.15) is 0 Å². The van der Waals surface area contributed by atoms with Crippen LogP contribution in [0.2, 0.25) is 0 Å². The van der Waals surface area contributed by atoms with Crippen LogP contribution in [0.4, 0.5) is 0 Å². The van der Waals surface area contributed by atoms with Gasteiger partial charge in [0.2, 0.25) is 0 Å². The fourth-order valence-electron chi connectivity index (χ4n) is 1.61. The SMILES string of the molecule is CCONC(=O)c1ccc(-n2ccnc2SC)cc1. The second-order valence-electron chi connectivity index (χ2n) is 3.70. The van der Waals surface area contributed by atoms with Crippen LogP contribution in [0.1, 0.15) is 17.3 Å². The Bertz CT molecular complexity index is 551. The van der Waals surface area contributed by atoms with Crippen molar-refractivity contribution in [3.05, 3.63) is 42.2 Å². The van der Waals surface area contributed by atoms with Gasteiger partial charge < -0.3 is 0 Å². The van der Waals surface area contributed by atoms with E-state index < -0.39 is 0 Å². The van der Waals surface area contributed by atoms with Gasteiger partial charge in [-0.1, -0.05) is 11.8 Å². The third-order valence-electron chi connectivity index (χ3n) is 2.51. The Kier molecular flexibility index (Phi) is 4.59. The van der Waals surface area contributed by atoms with Gasteiger partial charge >= 0.3 is 0 Å². The predicted octanol–water partition coefficient (Wildman–Crippen LogP) is 2.28. The Hall–Kier alpha value is -1.79. The van der Waals surface area contributed by atoms with Crippen molar-refractivity contribution in [2.45, 2.75) is 12.1 Å². The zero-order chi connectivity index (χ0) is 13.7. The number of nitrogens with one attached hydrogen (secondary N) is 1. The predicted molar refractivity (Wildman–Crippen MR) is 74.4 cm³/mol. The first kappa shape index (κ1) is 13.6. The molecule has 0 fully saturated rings. The second-order valence-corrected chi connectivity index (χ2v) is 4.47. The maximum absolute atomic E-state index is 11.7. The van der Waals surface area contributed by atoms with Gasteiger partial charge in [-0.05, 0) is 37.4 Å². The first-order valence-corrected chi connectivity index (χ1v) is 7.08. The molecule has 1 amide bonds. The van der Waals surface area contributed by atoms with Crippen LogP contribution >= 0.6 is 11.8 Å². The summed E-state index contributed by atoms with van der Waals surface area (Å²) in [5.41, 5.74) is 3.89. The van der Waals surface area contributed by atoms with Gasteiger partial charge in [0.15, 0.2) is 5.16 Å². The van der Waals surface area contributed by atoms with Crippen LogP contribution in [-0.4, -0.2) is 28.3 Å². The van der Waals surface area contributed by atoms with E-state index in [4.69, 9.17) is 4.84 Å². The standard InChI is InChI=1S/C13H15N3O2S/c1-3-18-15-12(17)10-4-6-11(7-5-10)16-9-8-14-13(16)19-2/h4-9H,3H2,1-2H3,(H,15,17). The molecule has 19 heavy (non-hydrogen) atoms. The molecule has 0 spiro atoms. The van der Waals surface area contributed by atoms with Gasteiger partial charge in [0.25, 0.3) is 5.91 Å². The highest BCUT2D eigenvalue weighted by Crippen LogP contribution is 2.18. The zero-order valence-electron chi connectivity index (χ0n) is 10.8. The molecule has 0 saturated carbocycles. The van der Waals surface area contributed by atoms with Crippen LogP contribution in [0.3, 0.4) is 0 Å². The van der Waals surface area contributed by atoms with Crippen molar-refractivity contribution >= 4 is 17.7 Å². The van der Waals surface area contributed by atoms with E-state index in [1.54, 1.807) is 30.1 Å². The summed E-state index contributed by atoms with van der Waals surface area (Å²) in [6.07, 6.45) is 5.62. The topological polar surface area (TPSA) is 56.1 Å². The molecule has 0 aliphatic rings. The van der Waals surface area contributed by atoms with Gasteiger partial charge in [0, 0.05) is 23.6 Å². The van der Waals surface area contributed by atoms with E-state index in [0.29, 0.717) is 12.2 Å². The van der Waals surface area contributed by atoms with Crippen LogP contribution in [0.25, 0.3) is 5.69 Å². The zero-order valence-corrected chi connectivity index (χ0v) is 11.6. The quantitative estimate of drug-likeness (QED) is 0.673. The monoisotopic (exact) mass is 277 g/mol. The lowest BCUT2D eigenvalue weighted by Gasteiger charge is -2.07. The van der Waals surface area contributed by atoms with Crippen LogP contribution < -0.4 is 5.48 Å². The molecule has 6 heteroatoms. The van der Waals surface area contributed by atoms with E-state index in [0.717, 1.165) is 10.8 Å². The molecule has 2 rings (SSSR count). The van der Waals surface area contributed by atoms with E-state index in [-0.39, 0.29) is 5.91 Å². The first-order chi connectivity index (χ1) is 9.26. The Labute approximate surface area is 115 Å². The second kappa shape index (κ2) is 6.40. The summed E-state index contributed by atoms with van der Waals surface area (Å²) in [5.74, 6) is -0.246. The number of benzene rings is 1. The van der Waals surface area contributed by atoms with E-state index >= 15 is 0 Å². The van der Waals surface area contributed by atoms with Crippen molar-refractivity contribution in [1.29, 1.82) is 0 Å². The van der Waals surface area contributed by atoms with E-state index in [2.05, 4.69) is 10.5 Å². The molecule has 0 unspecified atom stereocenters. The number of rotatable bonds is 5. The van der Waals surface area contributed by atoms with Gasteiger partial charge in [-0.25, -0.2) is 10.5 Å². The molecule has 0 bridgehead atoms. The summed E-state index contributed by atoms with van der Waals surface area (Å²) in [6, 6.07) is 7.27. The Balaban J connectivity index is 2.17.